The van der Waals surface area contributed by atoms with E-state index in [4.69, 9.17) is 17.5 Å². The van der Waals surface area contributed by atoms with Crippen molar-refractivity contribution in [3.8, 4) is 11.8 Å². The number of imidazole rings is 1. The average molecular weight is 257 g/mol. The lowest BCUT2D eigenvalue weighted by Crippen LogP contribution is -2.16. The number of nitriles is 1. The maximum absolute atomic E-state index is 8.81. The monoisotopic (exact) mass is 257 g/mol. The first-order valence-corrected chi connectivity index (χ1v) is 6.16. The molecule has 0 atom stereocenters. The molecule has 1 heterocycles. The summed E-state index contributed by atoms with van der Waals surface area (Å²) in [5.74, 6) is 0. The van der Waals surface area contributed by atoms with Crippen molar-refractivity contribution in [3.63, 3.8) is 0 Å². The fourth-order valence-electron chi connectivity index (χ4n) is 1.86. The lowest BCUT2D eigenvalue weighted by molar-refractivity contribution is 0.556. The van der Waals surface area contributed by atoms with Gasteiger partial charge in [-0.3, -0.25) is 4.57 Å². The molecular weight excluding hydrogens is 242 g/mol. The topological polar surface area (TPSA) is 44.5 Å². The fourth-order valence-corrected chi connectivity index (χ4v) is 2.12. The number of nitrogens with one attached hydrogen (secondary N) is 1. The SMILES string of the molecule is CC(C)(C)c1c[nH]c(=S)n1-c1ccc(C#N)cc1. The maximum atomic E-state index is 8.81. The summed E-state index contributed by atoms with van der Waals surface area (Å²) in [5, 5.41) is 8.81. The van der Waals surface area contributed by atoms with E-state index in [0.29, 0.717) is 10.3 Å². The lowest BCUT2D eigenvalue weighted by Gasteiger charge is -2.20. The van der Waals surface area contributed by atoms with Gasteiger partial charge in [-0.15, -0.1) is 0 Å². The highest BCUT2D eigenvalue weighted by atomic mass is 32.1. The zero-order chi connectivity index (χ0) is 13.3. The Balaban J connectivity index is 2.60. The molecule has 92 valence electrons. The third kappa shape index (κ3) is 2.22. The first-order chi connectivity index (χ1) is 8.43. The van der Waals surface area contributed by atoms with Crippen LogP contribution in [-0.2, 0) is 5.41 Å². The van der Waals surface area contributed by atoms with Crippen molar-refractivity contribution in [1.82, 2.24) is 9.55 Å². The second-order valence-electron chi connectivity index (χ2n) is 5.22. The van der Waals surface area contributed by atoms with Crippen LogP contribution >= 0.6 is 12.2 Å². The van der Waals surface area contributed by atoms with Gasteiger partial charge in [-0.2, -0.15) is 5.26 Å². The summed E-state index contributed by atoms with van der Waals surface area (Å²) in [6.45, 7) is 6.43. The number of aromatic amines is 1. The maximum Gasteiger partial charge on any atom is 0.182 e. The molecule has 0 saturated carbocycles. The van der Waals surface area contributed by atoms with Crippen molar-refractivity contribution in [1.29, 1.82) is 5.26 Å². The van der Waals surface area contributed by atoms with Crippen LogP contribution in [0.25, 0.3) is 5.69 Å². The van der Waals surface area contributed by atoms with E-state index >= 15 is 0 Å². The molecule has 3 nitrogen and oxygen atoms in total. The number of aromatic nitrogens is 2. The first kappa shape index (κ1) is 12.6. The third-order valence-electron chi connectivity index (χ3n) is 2.80. The Hall–Kier alpha value is -1.86. The largest absolute Gasteiger partial charge is 0.337 e. The number of rotatable bonds is 1. The van der Waals surface area contributed by atoms with Crippen LogP contribution in [0.4, 0.5) is 0 Å². The zero-order valence-electron chi connectivity index (χ0n) is 10.7. The van der Waals surface area contributed by atoms with Gasteiger partial charge in [0.25, 0.3) is 0 Å². The van der Waals surface area contributed by atoms with Crippen molar-refractivity contribution in [2.45, 2.75) is 26.2 Å². The van der Waals surface area contributed by atoms with E-state index in [9.17, 15) is 0 Å². The molecule has 0 bridgehead atoms. The molecule has 0 aliphatic rings. The highest BCUT2D eigenvalue weighted by Gasteiger charge is 2.19. The Kier molecular flexibility index (Phi) is 3.10. The summed E-state index contributed by atoms with van der Waals surface area (Å²) in [6, 6.07) is 9.55. The highest BCUT2D eigenvalue weighted by molar-refractivity contribution is 7.71. The Morgan fingerprint density at radius 2 is 1.83 bits per heavy atom. The highest BCUT2D eigenvalue weighted by Crippen LogP contribution is 2.25. The number of H-pyrrole nitrogens is 1. The average Bonchev–Trinajstić information content (AvgIpc) is 2.71. The van der Waals surface area contributed by atoms with Crippen LogP contribution in [0.2, 0.25) is 0 Å². The van der Waals surface area contributed by atoms with Gasteiger partial charge in [0.05, 0.1) is 11.6 Å². The Morgan fingerprint density at radius 3 is 2.33 bits per heavy atom. The van der Waals surface area contributed by atoms with Crippen molar-refractivity contribution in [3.05, 3.63) is 46.5 Å². The second-order valence-corrected chi connectivity index (χ2v) is 5.61. The van der Waals surface area contributed by atoms with E-state index in [2.05, 4.69) is 31.8 Å². The van der Waals surface area contributed by atoms with Crippen molar-refractivity contribution < 1.29 is 0 Å². The molecule has 2 rings (SSSR count). The molecule has 2 aromatic rings. The lowest BCUT2D eigenvalue weighted by atomic mass is 9.92. The van der Waals surface area contributed by atoms with Crippen LogP contribution in [0, 0.1) is 16.1 Å². The van der Waals surface area contributed by atoms with Gasteiger partial charge in [0.15, 0.2) is 4.77 Å². The number of hydrogen-bond donors (Lipinski definition) is 1. The van der Waals surface area contributed by atoms with E-state index in [-0.39, 0.29) is 5.41 Å². The van der Waals surface area contributed by atoms with E-state index in [0.717, 1.165) is 11.4 Å². The molecule has 1 N–H and O–H groups in total. The van der Waals surface area contributed by atoms with Crippen LogP contribution in [0.15, 0.2) is 30.5 Å². The van der Waals surface area contributed by atoms with Gasteiger partial charge in [-0.05, 0) is 36.5 Å². The minimum absolute atomic E-state index is 0.00145. The molecule has 0 saturated heterocycles. The molecule has 0 spiro atoms. The van der Waals surface area contributed by atoms with Gasteiger partial charge in [0.2, 0.25) is 0 Å². The number of benzene rings is 1. The van der Waals surface area contributed by atoms with E-state index in [1.165, 1.54) is 0 Å². The van der Waals surface area contributed by atoms with Crippen molar-refractivity contribution in [2.24, 2.45) is 0 Å². The summed E-state index contributed by atoms with van der Waals surface area (Å²) < 4.78 is 2.68. The van der Waals surface area contributed by atoms with E-state index in [1.54, 1.807) is 12.1 Å². The summed E-state index contributed by atoms with van der Waals surface area (Å²) in [5.41, 5.74) is 2.75. The number of nitrogens with zero attached hydrogens (tertiary/aromatic N) is 2. The zero-order valence-corrected chi connectivity index (χ0v) is 11.5. The molecule has 0 radical (unpaired) electrons. The fraction of sp³-hybridized carbons (Fsp3) is 0.286. The van der Waals surface area contributed by atoms with Gasteiger partial charge < -0.3 is 4.98 Å². The summed E-state index contributed by atoms with van der Waals surface area (Å²) in [7, 11) is 0. The van der Waals surface area contributed by atoms with E-state index in [1.807, 2.05) is 22.9 Å². The quantitative estimate of drug-likeness (QED) is 0.792. The number of hydrogen-bond acceptors (Lipinski definition) is 2. The predicted molar refractivity (Wildman–Crippen MR) is 74.4 cm³/mol. The molecule has 4 heteroatoms. The van der Waals surface area contributed by atoms with Crippen molar-refractivity contribution in [2.75, 3.05) is 0 Å². The Morgan fingerprint density at radius 1 is 1.22 bits per heavy atom. The minimum Gasteiger partial charge on any atom is -0.337 e. The molecule has 0 fully saturated rings. The normalized spacial score (nSPS) is 11.2. The van der Waals surface area contributed by atoms with Gasteiger partial charge in [0, 0.05) is 23.0 Å². The molecule has 18 heavy (non-hydrogen) atoms. The van der Waals surface area contributed by atoms with Crippen LogP contribution in [-0.4, -0.2) is 9.55 Å². The Labute approximate surface area is 112 Å². The molecule has 1 aromatic heterocycles. The van der Waals surface area contributed by atoms with Crippen LogP contribution in [0.5, 0.6) is 0 Å². The molecule has 0 aliphatic heterocycles. The van der Waals surface area contributed by atoms with Crippen LogP contribution in [0.1, 0.15) is 32.0 Å². The smallest absolute Gasteiger partial charge is 0.182 e. The Bertz CT molecular complexity index is 648. The first-order valence-electron chi connectivity index (χ1n) is 5.75. The van der Waals surface area contributed by atoms with Crippen LogP contribution < -0.4 is 0 Å². The molecule has 1 aromatic carbocycles. The van der Waals surface area contributed by atoms with Crippen molar-refractivity contribution >= 4 is 12.2 Å². The molecular formula is C14H15N3S. The molecule has 0 unspecified atom stereocenters. The third-order valence-corrected chi connectivity index (χ3v) is 3.10. The summed E-state index contributed by atoms with van der Waals surface area (Å²) in [4.78, 5) is 3.08. The van der Waals surface area contributed by atoms with Gasteiger partial charge in [0.1, 0.15) is 0 Å². The van der Waals surface area contributed by atoms with Gasteiger partial charge in [-0.25, -0.2) is 0 Å². The van der Waals surface area contributed by atoms with Gasteiger partial charge in [-0.1, -0.05) is 20.8 Å². The molecule has 0 aliphatic carbocycles. The molecule has 0 amide bonds. The van der Waals surface area contributed by atoms with Gasteiger partial charge >= 0.3 is 0 Å². The van der Waals surface area contributed by atoms with E-state index < -0.39 is 0 Å². The summed E-state index contributed by atoms with van der Waals surface area (Å²) >= 11 is 5.33. The second kappa shape index (κ2) is 4.43. The van der Waals surface area contributed by atoms with Crippen LogP contribution in [0.3, 0.4) is 0 Å². The minimum atomic E-state index is 0.00145. The summed E-state index contributed by atoms with van der Waals surface area (Å²) in [6.07, 6.45) is 1.94. The predicted octanol–water partition coefficient (Wildman–Crippen LogP) is 3.70. The standard InChI is InChI=1S/C14H15N3S/c1-14(2,3)12-9-16-13(18)17(12)11-6-4-10(8-15)5-7-11/h4-7,9H,1-3H3,(H,16,18).